The van der Waals surface area contributed by atoms with Gasteiger partial charge in [-0.15, -0.1) is 0 Å². The second-order valence-corrected chi connectivity index (χ2v) is 4.27. The lowest BCUT2D eigenvalue weighted by molar-refractivity contribution is -0.385. The average Bonchev–Trinajstić information content (AvgIpc) is 2.46. The van der Waals surface area contributed by atoms with Gasteiger partial charge in [-0.2, -0.15) is 0 Å². The highest BCUT2D eigenvalue weighted by Crippen LogP contribution is 2.26. The third kappa shape index (κ3) is 2.57. The number of halogens is 1. The lowest BCUT2D eigenvalue weighted by Gasteiger charge is -2.06. The van der Waals surface area contributed by atoms with Gasteiger partial charge >= 0.3 is 0 Å². The topological polar surface area (TPSA) is 77.3 Å². The lowest BCUT2D eigenvalue weighted by atomic mass is 9.98. The van der Waals surface area contributed by atoms with Crippen molar-refractivity contribution >= 4 is 28.3 Å². The van der Waals surface area contributed by atoms with Crippen molar-refractivity contribution in [1.29, 1.82) is 0 Å². The zero-order chi connectivity index (χ0) is 14.7. The number of ketones is 1. The van der Waals surface area contributed by atoms with Gasteiger partial charge in [0, 0.05) is 17.2 Å². The first kappa shape index (κ1) is 13.9. The minimum absolute atomic E-state index is 0.0783. The molecule has 0 aliphatic rings. The molecule has 0 heterocycles. The maximum Gasteiger partial charge on any atom is 0.282 e. The molecule has 0 atom stereocenters. The summed E-state index contributed by atoms with van der Waals surface area (Å²) in [5.41, 5.74) is -0.614. The number of hydrogen-bond donors (Lipinski definition) is 0. The molecule has 100 valence electrons. The van der Waals surface area contributed by atoms with Crippen molar-refractivity contribution in [2.24, 2.45) is 0 Å². The molecule has 5 nitrogen and oxygen atoms in total. The molecular formula is C14H8ClNO4. The van der Waals surface area contributed by atoms with E-state index in [9.17, 15) is 19.7 Å². The lowest BCUT2D eigenvalue weighted by Crippen LogP contribution is -2.10. The summed E-state index contributed by atoms with van der Waals surface area (Å²) in [6.45, 7) is 0. The van der Waals surface area contributed by atoms with Crippen molar-refractivity contribution < 1.29 is 14.5 Å². The summed E-state index contributed by atoms with van der Waals surface area (Å²) in [5.74, 6) is -0.488. The van der Waals surface area contributed by atoms with Gasteiger partial charge in [0.1, 0.15) is 5.56 Å². The summed E-state index contributed by atoms with van der Waals surface area (Å²) in [6, 6.07) is 12.0. The molecular weight excluding hydrogens is 282 g/mol. The summed E-state index contributed by atoms with van der Waals surface area (Å²) in [6.07, 6.45) is 0. The summed E-state index contributed by atoms with van der Waals surface area (Å²) in [5, 5.41) is 9.89. The third-order valence-corrected chi connectivity index (χ3v) is 2.91. The Labute approximate surface area is 118 Å². The van der Waals surface area contributed by atoms with Gasteiger partial charge < -0.3 is 0 Å². The SMILES string of the molecule is O=C(c1ccccc1)c1cccc([N+](=O)[O-])c1C(=O)Cl. The van der Waals surface area contributed by atoms with E-state index in [1.165, 1.54) is 12.1 Å². The molecule has 2 aromatic rings. The monoisotopic (exact) mass is 289 g/mol. The van der Waals surface area contributed by atoms with E-state index in [-0.39, 0.29) is 11.1 Å². The van der Waals surface area contributed by atoms with Crippen LogP contribution in [0.2, 0.25) is 0 Å². The third-order valence-electron chi connectivity index (χ3n) is 2.72. The number of carbonyl (C=O) groups excluding carboxylic acids is 2. The minimum Gasteiger partial charge on any atom is -0.289 e. The highest BCUT2D eigenvalue weighted by atomic mass is 35.5. The molecule has 0 N–H and O–H groups in total. The van der Waals surface area contributed by atoms with Crippen LogP contribution in [0.5, 0.6) is 0 Å². The Morgan fingerprint density at radius 3 is 2.20 bits per heavy atom. The van der Waals surface area contributed by atoms with Crippen molar-refractivity contribution in [3.63, 3.8) is 0 Å². The molecule has 0 saturated heterocycles. The molecule has 0 spiro atoms. The van der Waals surface area contributed by atoms with E-state index in [1.807, 2.05) is 0 Å². The molecule has 6 heteroatoms. The van der Waals surface area contributed by atoms with Crippen molar-refractivity contribution in [2.45, 2.75) is 0 Å². The van der Waals surface area contributed by atoms with Crippen LogP contribution in [0.25, 0.3) is 0 Å². The fraction of sp³-hybridized carbons (Fsp3) is 0. The standard InChI is InChI=1S/C14H8ClNO4/c15-14(18)12-10(7-4-8-11(12)16(19)20)13(17)9-5-2-1-3-6-9/h1-8H. The maximum atomic E-state index is 12.3. The van der Waals surface area contributed by atoms with Gasteiger partial charge in [0.2, 0.25) is 0 Å². The molecule has 2 aromatic carbocycles. The molecule has 0 bridgehead atoms. The van der Waals surface area contributed by atoms with Crippen molar-refractivity contribution in [3.05, 3.63) is 75.3 Å². The Morgan fingerprint density at radius 1 is 1.00 bits per heavy atom. The van der Waals surface area contributed by atoms with Crippen molar-refractivity contribution in [3.8, 4) is 0 Å². The first-order chi connectivity index (χ1) is 9.52. The molecule has 0 aromatic heterocycles. The van der Waals surface area contributed by atoms with E-state index in [1.54, 1.807) is 30.3 Å². The number of nitro groups is 1. The number of hydrogen-bond acceptors (Lipinski definition) is 4. The molecule has 2 rings (SSSR count). The first-order valence-electron chi connectivity index (χ1n) is 5.59. The van der Waals surface area contributed by atoms with E-state index >= 15 is 0 Å². The second-order valence-electron chi connectivity index (χ2n) is 3.93. The maximum absolute atomic E-state index is 12.3. The summed E-state index contributed by atoms with van der Waals surface area (Å²) >= 11 is 5.39. The number of carbonyl (C=O) groups is 2. The van der Waals surface area contributed by atoms with Crippen molar-refractivity contribution in [2.75, 3.05) is 0 Å². The van der Waals surface area contributed by atoms with Crippen LogP contribution in [0.15, 0.2) is 48.5 Å². The Balaban J connectivity index is 2.63. The molecule has 20 heavy (non-hydrogen) atoms. The number of benzene rings is 2. The van der Waals surface area contributed by atoms with E-state index in [2.05, 4.69) is 0 Å². The summed E-state index contributed by atoms with van der Waals surface area (Å²) in [7, 11) is 0. The molecule has 0 amide bonds. The summed E-state index contributed by atoms with van der Waals surface area (Å²) in [4.78, 5) is 33.9. The van der Waals surface area contributed by atoms with Crippen LogP contribution in [0, 0.1) is 10.1 Å². The van der Waals surface area contributed by atoms with E-state index in [0.29, 0.717) is 5.56 Å². The van der Waals surface area contributed by atoms with E-state index in [4.69, 9.17) is 11.6 Å². The molecule has 0 aliphatic heterocycles. The van der Waals surface area contributed by atoms with Gasteiger partial charge in [0.25, 0.3) is 10.9 Å². The van der Waals surface area contributed by atoms with Gasteiger partial charge in [0.15, 0.2) is 5.78 Å². The average molecular weight is 290 g/mol. The van der Waals surface area contributed by atoms with Gasteiger partial charge in [0.05, 0.1) is 4.92 Å². The van der Waals surface area contributed by atoms with Crippen LogP contribution < -0.4 is 0 Å². The predicted octanol–water partition coefficient (Wildman–Crippen LogP) is 3.20. The predicted molar refractivity (Wildman–Crippen MR) is 73.2 cm³/mol. The molecule has 0 saturated carbocycles. The highest BCUT2D eigenvalue weighted by Gasteiger charge is 2.26. The van der Waals surface area contributed by atoms with Crippen LogP contribution >= 0.6 is 11.6 Å². The fourth-order valence-electron chi connectivity index (χ4n) is 1.83. The van der Waals surface area contributed by atoms with Crippen LogP contribution in [0.1, 0.15) is 26.3 Å². The second kappa shape index (κ2) is 5.63. The Morgan fingerprint density at radius 2 is 1.65 bits per heavy atom. The normalized spacial score (nSPS) is 10.1. The number of nitrogens with zero attached hydrogens (tertiary/aromatic N) is 1. The Bertz CT molecular complexity index is 698. The number of nitro benzene ring substituents is 1. The van der Waals surface area contributed by atoms with E-state index < -0.39 is 21.6 Å². The smallest absolute Gasteiger partial charge is 0.282 e. The summed E-state index contributed by atoms with van der Waals surface area (Å²) < 4.78 is 0. The largest absolute Gasteiger partial charge is 0.289 e. The first-order valence-corrected chi connectivity index (χ1v) is 5.97. The van der Waals surface area contributed by atoms with Crippen LogP contribution in [-0.2, 0) is 0 Å². The highest BCUT2D eigenvalue weighted by molar-refractivity contribution is 6.68. The van der Waals surface area contributed by atoms with Crippen molar-refractivity contribution in [1.82, 2.24) is 0 Å². The molecule has 0 unspecified atom stereocenters. The van der Waals surface area contributed by atoms with Crippen LogP contribution in [0.3, 0.4) is 0 Å². The van der Waals surface area contributed by atoms with Crippen LogP contribution in [0.4, 0.5) is 5.69 Å². The van der Waals surface area contributed by atoms with Gasteiger partial charge in [-0.3, -0.25) is 19.7 Å². The van der Waals surface area contributed by atoms with E-state index in [0.717, 1.165) is 6.07 Å². The van der Waals surface area contributed by atoms with Gasteiger partial charge in [-0.25, -0.2) is 0 Å². The van der Waals surface area contributed by atoms with Gasteiger partial charge in [-0.05, 0) is 17.7 Å². The minimum atomic E-state index is -1.03. The Hall–Kier alpha value is -2.53. The molecule has 0 radical (unpaired) electrons. The van der Waals surface area contributed by atoms with Gasteiger partial charge in [-0.1, -0.05) is 36.4 Å². The molecule has 0 fully saturated rings. The zero-order valence-electron chi connectivity index (χ0n) is 10.1. The Kier molecular flexibility index (Phi) is 3.91. The zero-order valence-corrected chi connectivity index (χ0v) is 10.8. The number of rotatable bonds is 4. The quantitative estimate of drug-likeness (QED) is 0.375. The fourth-order valence-corrected chi connectivity index (χ4v) is 2.03. The molecule has 0 aliphatic carbocycles. The van der Waals surface area contributed by atoms with Crippen LogP contribution in [-0.4, -0.2) is 15.9 Å².